The lowest BCUT2D eigenvalue weighted by molar-refractivity contribution is -0.109. The first-order chi connectivity index (χ1) is 10.1. The fourth-order valence-electron chi connectivity index (χ4n) is 2.14. The molecule has 0 radical (unpaired) electrons. The van der Waals surface area contributed by atoms with Gasteiger partial charge in [0.15, 0.2) is 0 Å². The Morgan fingerprint density at radius 3 is 2.33 bits per heavy atom. The van der Waals surface area contributed by atoms with Crippen LogP contribution in [-0.2, 0) is 16.8 Å². The van der Waals surface area contributed by atoms with E-state index < -0.39 is 0 Å². The molecule has 2 aromatic rings. The van der Waals surface area contributed by atoms with Gasteiger partial charge in [0.25, 0.3) is 0 Å². The summed E-state index contributed by atoms with van der Waals surface area (Å²) in [7, 11) is 0. The van der Waals surface area contributed by atoms with Crippen molar-refractivity contribution in [1.29, 1.82) is 0 Å². The standard InChI is InChI=1S/C18H21NO2/c1-18(2,13-19-14-20)16-8-10-17(11-9-16)21-12-15-6-4-3-5-7-15/h3-11,14H,12-13H2,1-2H3,(H,19,20). The second-order valence-corrected chi connectivity index (χ2v) is 5.68. The molecule has 0 unspecified atom stereocenters. The van der Waals surface area contributed by atoms with E-state index in [1.54, 1.807) is 0 Å². The molecule has 0 aromatic heterocycles. The summed E-state index contributed by atoms with van der Waals surface area (Å²) in [6.07, 6.45) is 0.735. The normalized spacial score (nSPS) is 11.0. The van der Waals surface area contributed by atoms with Crippen molar-refractivity contribution in [3.05, 3.63) is 65.7 Å². The number of rotatable bonds is 7. The minimum Gasteiger partial charge on any atom is -0.489 e. The molecule has 0 saturated heterocycles. The predicted octanol–water partition coefficient (Wildman–Crippen LogP) is 3.29. The van der Waals surface area contributed by atoms with Gasteiger partial charge in [0, 0.05) is 12.0 Å². The Morgan fingerprint density at radius 2 is 1.71 bits per heavy atom. The molecule has 0 spiro atoms. The van der Waals surface area contributed by atoms with Crippen LogP contribution in [0.25, 0.3) is 0 Å². The first-order valence-corrected chi connectivity index (χ1v) is 7.06. The van der Waals surface area contributed by atoms with Crippen LogP contribution in [0.5, 0.6) is 5.75 Å². The highest BCUT2D eigenvalue weighted by atomic mass is 16.5. The van der Waals surface area contributed by atoms with E-state index in [-0.39, 0.29) is 5.41 Å². The van der Waals surface area contributed by atoms with Crippen molar-refractivity contribution >= 4 is 6.41 Å². The van der Waals surface area contributed by atoms with Crippen molar-refractivity contribution in [1.82, 2.24) is 5.32 Å². The number of ether oxygens (including phenoxy) is 1. The maximum atomic E-state index is 10.4. The predicted molar refractivity (Wildman–Crippen MR) is 84.3 cm³/mol. The molecular weight excluding hydrogens is 262 g/mol. The highest BCUT2D eigenvalue weighted by Gasteiger charge is 2.19. The molecular formula is C18H21NO2. The third-order valence-corrected chi connectivity index (χ3v) is 3.51. The third kappa shape index (κ3) is 4.35. The average Bonchev–Trinajstić information content (AvgIpc) is 2.52. The van der Waals surface area contributed by atoms with Gasteiger partial charge in [0.2, 0.25) is 6.41 Å². The zero-order chi connectivity index (χ0) is 15.1. The van der Waals surface area contributed by atoms with Gasteiger partial charge in [0.05, 0.1) is 0 Å². The SMILES string of the molecule is CC(C)(CNC=O)c1ccc(OCc2ccccc2)cc1. The Morgan fingerprint density at radius 1 is 1.05 bits per heavy atom. The van der Waals surface area contributed by atoms with Crippen molar-refractivity contribution in [3.63, 3.8) is 0 Å². The van der Waals surface area contributed by atoms with Gasteiger partial charge in [-0.05, 0) is 23.3 Å². The van der Waals surface area contributed by atoms with Gasteiger partial charge in [-0.25, -0.2) is 0 Å². The van der Waals surface area contributed by atoms with Crippen molar-refractivity contribution in [3.8, 4) is 5.75 Å². The molecule has 0 atom stereocenters. The molecule has 21 heavy (non-hydrogen) atoms. The Kier molecular flexibility index (Phi) is 4.99. The average molecular weight is 283 g/mol. The summed E-state index contributed by atoms with van der Waals surface area (Å²) in [5, 5.41) is 2.74. The van der Waals surface area contributed by atoms with E-state index >= 15 is 0 Å². The first kappa shape index (κ1) is 15.1. The minimum atomic E-state index is -0.0983. The monoisotopic (exact) mass is 283 g/mol. The fraction of sp³-hybridized carbons (Fsp3) is 0.278. The second kappa shape index (κ2) is 6.93. The lowest BCUT2D eigenvalue weighted by Crippen LogP contribution is -2.32. The van der Waals surface area contributed by atoms with Crippen LogP contribution in [-0.4, -0.2) is 13.0 Å². The zero-order valence-corrected chi connectivity index (χ0v) is 12.5. The number of nitrogens with one attached hydrogen (secondary N) is 1. The summed E-state index contributed by atoms with van der Waals surface area (Å²) in [6, 6.07) is 18.1. The summed E-state index contributed by atoms with van der Waals surface area (Å²) < 4.78 is 5.77. The molecule has 0 saturated carbocycles. The number of amides is 1. The van der Waals surface area contributed by atoms with Gasteiger partial charge in [-0.15, -0.1) is 0 Å². The Bertz CT molecular complexity index is 562. The van der Waals surface area contributed by atoms with Gasteiger partial charge < -0.3 is 10.1 Å². The summed E-state index contributed by atoms with van der Waals surface area (Å²) in [4.78, 5) is 10.4. The fourth-order valence-corrected chi connectivity index (χ4v) is 2.14. The Balaban J connectivity index is 1.97. The quantitative estimate of drug-likeness (QED) is 0.792. The molecule has 0 fully saturated rings. The molecule has 3 nitrogen and oxygen atoms in total. The molecule has 3 heteroatoms. The molecule has 1 amide bonds. The molecule has 0 aliphatic heterocycles. The van der Waals surface area contributed by atoms with Crippen LogP contribution >= 0.6 is 0 Å². The topological polar surface area (TPSA) is 38.3 Å². The smallest absolute Gasteiger partial charge is 0.207 e. The molecule has 2 rings (SSSR count). The van der Waals surface area contributed by atoms with Gasteiger partial charge in [0.1, 0.15) is 12.4 Å². The van der Waals surface area contributed by atoms with Gasteiger partial charge in [-0.2, -0.15) is 0 Å². The summed E-state index contributed by atoms with van der Waals surface area (Å²) in [5.74, 6) is 0.849. The highest BCUT2D eigenvalue weighted by molar-refractivity contribution is 5.46. The van der Waals surface area contributed by atoms with Crippen LogP contribution < -0.4 is 10.1 Å². The lowest BCUT2D eigenvalue weighted by atomic mass is 9.84. The van der Waals surface area contributed by atoms with Crippen molar-refractivity contribution in [2.45, 2.75) is 25.9 Å². The largest absolute Gasteiger partial charge is 0.489 e. The first-order valence-electron chi connectivity index (χ1n) is 7.06. The van der Waals surface area contributed by atoms with Crippen LogP contribution in [0.1, 0.15) is 25.0 Å². The number of benzene rings is 2. The zero-order valence-electron chi connectivity index (χ0n) is 12.5. The van der Waals surface area contributed by atoms with Crippen molar-refractivity contribution in [2.24, 2.45) is 0 Å². The van der Waals surface area contributed by atoms with Gasteiger partial charge in [-0.1, -0.05) is 56.3 Å². The van der Waals surface area contributed by atoms with Crippen LogP contribution in [0.4, 0.5) is 0 Å². The number of hydrogen-bond acceptors (Lipinski definition) is 2. The van der Waals surface area contributed by atoms with E-state index in [0.29, 0.717) is 13.2 Å². The Hall–Kier alpha value is -2.29. The van der Waals surface area contributed by atoms with E-state index in [0.717, 1.165) is 17.7 Å². The minimum absolute atomic E-state index is 0.0983. The van der Waals surface area contributed by atoms with Crippen LogP contribution in [0.2, 0.25) is 0 Å². The summed E-state index contributed by atoms with van der Waals surface area (Å²) in [5.41, 5.74) is 2.22. The molecule has 0 bridgehead atoms. The number of carbonyl (C=O) groups excluding carboxylic acids is 1. The van der Waals surface area contributed by atoms with E-state index in [1.165, 1.54) is 5.56 Å². The number of hydrogen-bond donors (Lipinski definition) is 1. The van der Waals surface area contributed by atoms with Crippen molar-refractivity contribution < 1.29 is 9.53 Å². The van der Waals surface area contributed by atoms with E-state index in [2.05, 4.69) is 19.2 Å². The highest BCUT2D eigenvalue weighted by Crippen LogP contribution is 2.24. The third-order valence-electron chi connectivity index (χ3n) is 3.51. The second-order valence-electron chi connectivity index (χ2n) is 5.68. The van der Waals surface area contributed by atoms with Gasteiger partial charge in [-0.3, -0.25) is 4.79 Å². The van der Waals surface area contributed by atoms with E-state index in [4.69, 9.17) is 4.74 Å². The molecule has 0 aliphatic carbocycles. The van der Waals surface area contributed by atoms with Crippen LogP contribution in [0.15, 0.2) is 54.6 Å². The molecule has 110 valence electrons. The van der Waals surface area contributed by atoms with Crippen LogP contribution in [0.3, 0.4) is 0 Å². The molecule has 1 N–H and O–H groups in total. The van der Waals surface area contributed by atoms with E-state index in [9.17, 15) is 4.79 Å². The summed E-state index contributed by atoms with van der Waals surface area (Å²) >= 11 is 0. The van der Waals surface area contributed by atoms with Crippen molar-refractivity contribution in [2.75, 3.05) is 6.54 Å². The maximum Gasteiger partial charge on any atom is 0.207 e. The lowest BCUT2D eigenvalue weighted by Gasteiger charge is -2.24. The van der Waals surface area contributed by atoms with E-state index in [1.807, 2.05) is 54.6 Å². The van der Waals surface area contributed by atoms with Gasteiger partial charge >= 0.3 is 0 Å². The van der Waals surface area contributed by atoms with Crippen LogP contribution in [0, 0.1) is 0 Å². The maximum absolute atomic E-state index is 10.4. The Labute approximate surface area is 126 Å². The number of carbonyl (C=O) groups is 1. The molecule has 2 aromatic carbocycles. The molecule has 0 heterocycles. The summed E-state index contributed by atoms with van der Waals surface area (Å²) in [6.45, 7) is 5.38. The molecule has 0 aliphatic rings.